The number of carbonyl (C=O) groups excluding carboxylic acids is 2. The van der Waals surface area contributed by atoms with Crippen molar-refractivity contribution in [1.82, 2.24) is 4.90 Å². The number of hydrogen-bond acceptors (Lipinski definition) is 6. The monoisotopic (exact) mass is 312 g/mol. The predicted octanol–water partition coefficient (Wildman–Crippen LogP) is 1.32. The lowest BCUT2D eigenvalue weighted by atomic mass is 9.91. The first-order valence-electron chi connectivity index (χ1n) is 6.96. The zero-order valence-electron chi connectivity index (χ0n) is 12.0. The van der Waals surface area contributed by atoms with E-state index in [0.29, 0.717) is 23.2 Å². The summed E-state index contributed by atoms with van der Waals surface area (Å²) in [5.41, 5.74) is 0.481. The summed E-state index contributed by atoms with van der Waals surface area (Å²) in [6.07, 6.45) is 3.31. The van der Waals surface area contributed by atoms with Crippen molar-refractivity contribution in [2.24, 2.45) is 0 Å². The van der Waals surface area contributed by atoms with Crippen molar-refractivity contribution in [3.63, 3.8) is 0 Å². The van der Waals surface area contributed by atoms with Gasteiger partial charge in [-0.3, -0.25) is 9.69 Å². The Kier molecular flexibility index (Phi) is 5.72. The second kappa shape index (κ2) is 7.53. The van der Waals surface area contributed by atoms with Crippen LogP contribution in [0.25, 0.3) is 0 Å². The molecule has 0 unspecified atom stereocenters. The molecular formula is C14H20N2O4S. The molecule has 0 atom stereocenters. The van der Waals surface area contributed by atoms with Gasteiger partial charge in [-0.1, -0.05) is 6.42 Å². The standard InChI is InChI=1S/C14H20N2O4S/c1-20-14(19)13-11(5-8-21-13)15-12(18)9-16(6-7-17)10-3-2-4-10/h5,8,10,17H,2-4,6-7,9H2,1H3,(H,15,18). The van der Waals surface area contributed by atoms with Crippen LogP contribution in [-0.4, -0.2) is 54.7 Å². The number of nitrogens with zero attached hydrogens (tertiary/aromatic N) is 1. The third kappa shape index (κ3) is 4.03. The number of thiophene rings is 1. The largest absolute Gasteiger partial charge is 0.465 e. The summed E-state index contributed by atoms with van der Waals surface area (Å²) in [5.74, 6) is -0.634. The van der Waals surface area contributed by atoms with Crippen LogP contribution in [0, 0.1) is 0 Å². The fourth-order valence-electron chi connectivity index (χ4n) is 2.30. The summed E-state index contributed by atoms with van der Waals surface area (Å²) in [7, 11) is 1.31. The van der Waals surface area contributed by atoms with E-state index in [-0.39, 0.29) is 19.1 Å². The number of methoxy groups -OCH3 is 1. The molecule has 0 aromatic carbocycles. The minimum absolute atomic E-state index is 0.0373. The number of esters is 1. The van der Waals surface area contributed by atoms with E-state index < -0.39 is 5.97 Å². The summed E-state index contributed by atoms with van der Waals surface area (Å²) in [5, 5.41) is 13.6. The van der Waals surface area contributed by atoms with Gasteiger partial charge in [0.15, 0.2) is 0 Å². The molecule has 0 aliphatic heterocycles. The number of rotatable bonds is 7. The molecule has 2 rings (SSSR count). The van der Waals surface area contributed by atoms with Gasteiger partial charge in [0.2, 0.25) is 5.91 Å². The van der Waals surface area contributed by atoms with Gasteiger partial charge in [0.25, 0.3) is 0 Å². The second-order valence-electron chi connectivity index (χ2n) is 4.98. The molecule has 1 heterocycles. The van der Waals surface area contributed by atoms with Crippen LogP contribution in [-0.2, 0) is 9.53 Å². The molecule has 0 bridgehead atoms. The Morgan fingerprint density at radius 2 is 2.29 bits per heavy atom. The van der Waals surface area contributed by atoms with Gasteiger partial charge in [0.05, 0.1) is 25.9 Å². The SMILES string of the molecule is COC(=O)c1sccc1NC(=O)CN(CCO)C1CCC1. The molecule has 0 radical (unpaired) electrons. The lowest BCUT2D eigenvalue weighted by molar-refractivity contribution is -0.118. The van der Waals surface area contributed by atoms with Gasteiger partial charge in [-0.2, -0.15) is 0 Å². The summed E-state index contributed by atoms with van der Waals surface area (Å²) in [6, 6.07) is 2.07. The Bertz CT molecular complexity index is 499. The van der Waals surface area contributed by atoms with E-state index in [9.17, 15) is 9.59 Å². The van der Waals surface area contributed by atoms with Crippen molar-refractivity contribution in [2.75, 3.05) is 32.1 Å². The van der Waals surface area contributed by atoms with Gasteiger partial charge in [-0.15, -0.1) is 11.3 Å². The zero-order chi connectivity index (χ0) is 15.2. The van der Waals surface area contributed by atoms with E-state index in [1.165, 1.54) is 24.9 Å². The van der Waals surface area contributed by atoms with Crippen LogP contribution in [0.5, 0.6) is 0 Å². The number of nitrogens with one attached hydrogen (secondary N) is 1. The highest BCUT2D eigenvalue weighted by atomic mass is 32.1. The molecule has 1 saturated carbocycles. The van der Waals surface area contributed by atoms with Crippen LogP contribution < -0.4 is 5.32 Å². The van der Waals surface area contributed by atoms with Crippen molar-refractivity contribution in [3.05, 3.63) is 16.3 Å². The second-order valence-corrected chi connectivity index (χ2v) is 5.90. The molecule has 21 heavy (non-hydrogen) atoms. The van der Waals surface area contributed by atoms with Crippen LogP contribution in [0.1, 0.15) is 28.9 Å². The quantitative estimate of drug-likeness (QED) is 0.742. The van der Waals surface area contributed by atoms with E-state index in [1.807, 2.05) is 4.90 Å². The highest BCUT2D eigenvalue weighted by Gasteiger charge is 2.26. The molecule has 1 amide bonds. The molecule has 2 N–H and O–H groups in total. The minimum atomic E-state index is -0.452. The number of anilines is 1. The molecule has 1 aliphatic carbocycles. The molecule has 0 saturated heterocycles. The van der Waals surface area contributed by atoms with Crippen LogP contribution in [0.3, 0.4) is 0 Å². The zero-order valence-corrected chi connectivity index (χ0v) is 12.8. The molecule has 1 aromatic heterocycles. The predicted molar refractivity (Wildman–Crippen MR) is 80.6 cm³/mol. The maximum absolute atomic E-state index is 12.1. The Balaban J connectivity index is 1.94. The molecule has 1 fully saturated rings. The minimum Gasteiger partial charge on any atom is -0.465 e. The van der Waals surface area contributed by atoms with Gasteiger partial charge in [0, 0.05) is 12.6 Å². The van der Waals surface area contributed by atoms with Crippen LogP contribution in [0.2, 0.25) is 0 Å². The summed E-state index contributed by atoms with van der Waals surface area (Å²) < 4.78 is 4.68. The highest BCUT2D eigenvalue weighted by Crippen LogP contribution is 2.25. The third-order valence-corrected chi connectivity index (χ3v) is 4.53. The van der Waals surface area contributed by atoms with Crippen LogP contribution in [0.4, 0.5) is 5.69 Å². The topological polar surface area (TPSA) is 78.9 Å². The number of hydrogen-bond donors (Lipinski definition) is 2. The van der Waals surface area contributed by atoms with Crippen molar-refractivity contribution in [1.29, 1.82) is 0 Å². The summed E-state index contributed by atoms with van der Waals surface area (Å²) in [6.45, 7) is 0.753. The van der Waals surface area contributed by atoms with Gasteiger partial charge >= 0.3 is 5.97 Å². The van der Waals surface area contributed by atoms with E-state index >= 15 is 0 Å². The van der Waals surface area contributed by atoms with E-state index in [1.54, 1.807) is 11.4 Å². The lowest BCUT2D eigenvalue weighted by Crippen LogP contribution is -2.45. The molecular weight excluding hydrogens is 292 g/mol. The number of carbonyl (C=O) groups is 2. The van der Waals surface area contributed by atoms with Crippen molar-refractivity contribution in [2.45, 2.75) is 25.3 Å². The van der Waals surface area contributed by atoms with Crippen molar-refractivity contribution in [3.8, 4) is 0 Å². The molecule has 7 heteroatoms. The van der Waals surface area contributed by atoms with Gasteiger partial charge in [-0.25, -0.2) is 4.79 Å². The fourth-order valence-corrected chi connectivity index (χ4v) is 3.07. The molecule has 6 nitrogen and oxygen atoms in total. The first kappa shape index (κ1) is 15.9. The van der Waals surface area contributed by atoms with Crippen molar-refractivity contribution < 1.29 is 19.4 Å². The smallest absolute Gasteiger partial charge is 0.350 e. The van der Waals surface area contributed by atoms with Gasteiger partial charge < -0.3 is 15.2 Å². The molecule has 1 aromatic rings. The van der Waals surface area contributed by atoms with Crippen LogP contribution >= 0.6 is 11.3 Å². The Morgan fingerprint density at radius 1 is 1.52 bits per heavy atom. The fraction of sp³-hybridized carbons (Fsp3) is 0.571. The molecule has 0 spiro atoms. The highest BCUT2D eigenvalue weighted by molar-refractivity contribution is 7.12. The third-order valence-electron chi connectivity index (χ3n) is 3.64. The van der Waals surface area contributed by atoms with Crippen molar-refractivity contribution >= 4 is 28.9 Å². The maximum atomic E-state index is 12.1. The van der Waals surface area contributed by atoms with Gasteiger partial charge in [-0.05, 0) is 24.3 Å². The average Bonchev–Trinajstić information content (AvgIpc) is 2.84. The van der Waals surface area contributed by atoms with E-state index in [2.05, 4.69) is 10.1 Å². The Morgan fingerprint density at radius 3 is 2.86 bits per heavy atom. The Labute approximate surface area is 127 Å². The maximum Gasteiger partial charge on any atom is 0.350 e. The molecule has 116 valence electrons. The van der Waals surface area contributed by atoms with E-state index in [0.717, 1.165) is 12.8 Å². The normalized spacial score (nSPS) is 14.8. The first-order valence-corrected chi connectivity index (χ1v) is 7.84. The van der Waals surface area contributed by atoms with Crippen LogP contribution in [0.15, 0.2) is 11.4 Å². The summed E-state index contributed by atoms with van der Waals surface area (Å²) in [4.78, 5) is 26.1. The lowest BCUT2D eigenvalue weighted by Gasteiger charge is -2.36. The number of ether oxygens (including phenoxy) is 1. The van der Waals surface area contributed by atoms with Gasteiger partial charge in [0.1, 0.15) is 4.88 Å². The first-order chi connectivity index (χ1) is 10.2. The summed E-state index contributed by atoms with van der Waals surface area (Å²) >= 11 is 1.23. The Hall–Kier alpha value is -1.44. The number of amides is 1. The molecule has 1 aliphatic rings. The van der Waals surface area contributed by atoms with E-state index in [4.69, 9.17) is 5.11 Å². The number of aliphatic hydroxyl groups excluding tert-OH is 1. The number of aliphatic hydroxyl groups is 1. The average molecular weight is 312 g/mol.